The number of aryl methyl sites for hydroxylation is 2. The molecule has 0 saturated carbocycles. The average molecular weight is 297 g/mol. The molecule has 0 aliphatic carbocycles. The van der Waals surface area contributed by atoms with Gasteiger partial charge in [0.25, 0.3) is 5.91 Å². The molecule has 1 aromatic carbocycles. The number of hydrogen-bond acceptors (Lipinski definition) is 1. The van der Waals surface area contributed by atoms with Gasteiger partial charge in [-0.25, -0.2) is 0 Å². The van der Waals surface area contributed by atoms with Crippen molar-refractivity contribution in [3.05, 3.63) is 65.5 Å². The predicted octanol–water partition coefficient (Wildman–Crippen LogP) is 3.06. The number of pyridine rings is 1. The van der Waals surface area contributed by atoms with Crippen LogP contribution in [0.3, 0.4) is 0 Å². The minimum atomic E-state index is -0.194. The van der Waals surface area contributed by atoms with Crippen molar-refractivity contribution in [3.63, 3.8) is 0 Å². The van der Waals surface area contributed by atoms with E-state index in [1.54, 1.807) is 4.90 Å². The van der Waals surface area contributed by atoms with Gasteiger partial charge in [-0.15, -0.1) is 0 Å². The van der Waals surface area contributed by atoms with Crippen LogP contribution in [-0.4, -0.2) is 17.9 Å². The molecule has 1 aromatic heterocycles. The van der Waals surface area contributed by atoms with Gasteiger partial charge in [0.2, 0.25) is 6.04 Å². The molecule has 2 rings (SSSR count). The van der Waals surface area contributed by atoms with Crippen molar-refractivity contribution in [2.75, 3.05) is 7.05 Å². The van der Waals surface area contributed by atoms with Crippen molar-refractivity contribution in [2.45, 2.75) is 39.8 Å². The maximum absolute atomic E-state index is 12.7. The van der Waals surface area contributed by atoms with Gasteiger partial charge in [0.05, 0.1) is 0 Å². The van der Waals surface area contributed by atoms with Crippen LogP contribution >= 0.6 is 0 Å². The molecular weight excluding hydrogens is 272 g/mol. The number of benzene rings is 1. The van der Waals surface area contributed by atoms with Crippen molar-refractivity contribution >= 4 is 5.91 Å². The first-order chi connectivity index (χ1) is 10.5. The molecule has 3 nitrogen and oxygen atoms in total. The molecule has 0 bridgehead atoms. The van der Waals surface area contributed by atoms with E-state index in [1.165, 1.54) is 5.56 Å². The number of hydrogen-bond donors (Lipinski definition) is 0. The van der Waals surface area contributed by atoms with Crippen LogP contribution in [0.1, 0.15) is 36.7 Å². The molecule has 1 atom stereocenters. The number of nitrogens with zero attached hydrogens (tertiary/aromatic N) is 2. The molecule has 0 radical (unpaired) electrons. The highest BCUT2D eigenvalue weighted by atomic mass is 16.2. The van der Waals surface area contributed by atoms with Gasteiger partial charge in [-0.05, 0) is 18.1 Å². The first-order valence-electron chi connectivity index (χ1n) is 7.82. The average Bonchev–Trinajstić information content (AvgIpc) is 2.55. The zero-order valence-electron chi connectivity index (χ0n) is 13.9. The highest BCUT2D eigenvalue weighted by Crippen LogP contribution is 2.09. The number of aromatic nitrogens is 1. The van der Waals surface area contributed by atoms with Crippen LogP contribution in [0.2, 0.25) is 0 Å². The van der Waals surface area contributed by atoms with Gasteiger partial charge >= 0.3 is 0 Å². The summed E-state index contributed by atoms with van der Waals surface area (Å²) in [5.41, 5.74) is 3.50. The SMILES string of the molecule is CCc1ccc(C)[n+]([C@H](C)C(=O)N(C)Cc2ccccc2)c1. The Balaban J connectivity index is 2.14. The molecule has 1 amide bonds. The molecule has 116 valence electrons. The summed E-state index contributed by atoms with van der Waals surface area (Å²) in [6, 6.07) is 14.1. The zero-order valence-corrected chi connectivity index (χ0v) is 13.9. The lowest BCUT2D eigenvalue weighted by molar-refractivity contribution is -0.712. The van der Waals surface area contributed by atoms with E-state index in [0.717, 1.165) is 17.7 Å². The number of carbonyl (C=O) groups is 1. The lowest BCUT2D eigenvalue weighted by Gasteiger charge is -2.19. The van der Waals surface area contributed by atoms with E-state index < -0.39 is 0 Å². The minimum absolute atomic E-state index is 0.130. The summed E-state index contributed by atoms with van der Waals surface area (Å²) < 4.78 is 2.07. The largest absolute Gasteiger partial charge is 0.336 e. The summed E-state index contributed by atoms with van der Waals surface area (Å²) in [4.78, 5) is 14.5. The lowest BCUT2D eigenvalue weighted by atomic mass is 10.1. The molecular formula is C19H25N2O+. The topological polar surface area (TPSA) is 24.2 Å². The molecule has 0 unspecified atom stereocenters. The van der Waals surface area contributed by atoms with Crippen LogP contribution < -0.4 is 4.57 Å². The summed E-state index contributed by atoms with van der Waals surface area (Å²) in [7, 11) is 1.87. The van der Waals surface area contributed by atoms with Crippen molar-refractivity contribution < 1.29 is 9.36 Å². The normalized spacial score (nSPS) is 12.0. The second kappa shape index (κ2) is 7.21. The van der Waals surface area contributed by atoms with Gasteiger partial charge in [-0.2, -0.15) is 4.57 Å². The Morgan fingerprint density at radius 3 is 2.45 bits per heavy atom. The smallest absolute Gasteiger partial charge is 0.291 e. The number of likely N-dealkylation sites (N-methyl/N-ethyl adjacent to an activating group) is 1. The second-order valence-corrected chi connectivity index (χ2v) is 5.80. The first kappa shape index (κ1) is 16.2. The zero-order chi connectivity index (χ0) is 16.1. The van der Waals surface area contributed by atoms with E-state index in [0.29, 0.717) is 6.54 Å². The third kappa shape index (κ3) is 3.73. The molecule has 0 N–H and O–H groups in total. The Morgan fingerprint density at radius 2 is 1.82 bits per heavy atom. The van der Waals surface area contributed by atoms with E-state index in [9.17, 15) is 4.79 Å². The van der Waals surface area contributed by atoms with E-state index in [-0.39, 0.29) is 11.9 Å². The summed E-state index contributed by atoms with van der Waals surface area (Å²) in [5.74, 6) is 0.130. The fourth-order valence-corrected chi connectivity index (χ4v) is 2.64. The molecule has 0 aliphatic heterocycles. The Hall–Kier alpha value is -2.16. The van der Waals surface area contributed by atoms with Crippen LogP contribution in [0, 0.1) is 6.92 Å². The third-order valence-corrected chi connectivity index (χ3v) is 4.07. The van der Waals surface area contributed by atoms with Crippen molar-refractivity contribution in [2.24, 2.45) is 0 Å². The molecule has 0 fully saturated rings. The van der Waals surface area contributed by atoms with Crippen molar-refractivity contribution in [1.29, 1.82) is 0 Å². The molecule has 1 heterocycles. The summed E-state index contributed by atoms with van der Waals surface area (Å²) in [6.45, 7) is 6.77. The van der Waals surface area contributed by atoms with Crippen LogP contribution in [-0.2, 0) is 17.8 Å². The van der Waals surface area contributed by atoms with Gasteiger partial charge < -0.3 is 4.90 Å². The fraction of sp³-hybridized carbons (Fsp3) is 0.368. The minimum Gasteiger partial charge on any atom is -0.336 e. The standard InChI is InChI=1S/C19H25N2O/c1-5-17-12-11-15(2)21(14-17)16(3)19(22)20(4)13-18-9-7-6-8-10-18/h6-12,14,16H,5,13H2,1-4H3/q+1/t16-/m1/s1. The predicted molar refractivity (Wildman–Crippen MR) is 88.4 cm³/mol. The Morgan fingerprint density at radius 1 is 1.14 bits per heavy atom. The third-order valence-electron chi connectivity index (χ3n) is 4.07. The molecule has 3 heteroatoms. The monoisotopic (exact) mass is 297 g/mol. The van der Waals surface area contributed by atoms with Crippen LogP contribution in [0.25, 0.3) is 0 Å². The second-order valence-electron chi connectivity index (χ2n) is 5.80. The Labute approximate surface area is 133 Å². The molecule has 0 spiro atoms. The summed E-state index contributed by atoms with van der Waals surface area (Å²) >= 11 is 0. The number of rotatable bonds is 5. The van der Waals surface area contributed by atoms with E-state index >= 15 is 0 Å². The van der Waals surface area contributed by atoms with E-state index in [2.05, 4.69) is 29.8 Å². The van der Waals surface area contributed by atoms with Gasteiger partial charge in [0.15, 0.2) is 11.9 Å². The summed E-state index contributed by atoms with van der Waals surface area (Å²) in [5, 5.41) is 0. The number of carbonyl (C=O) groups excluding carboxylic acids is 1. The van der Waals surface area contributed by atoms with E-state index in [4.69, 9.17) is 0 Å². The molecule has 0 aliphatic rings. The summed E-state index contributed by atoms with van der Waals surface area (Å²) in [6.07, 6.45) is 3.06. The highest BCUT2D eigenvalue weighted by molar-refractivity contribution is 5.78. The van der Waals surface area contributed by atoms with Gasteiger partial charge in [0, 0.05) is 39.1 Å². The fourth-order valence-electron chi connectivity index (χ4n) is 2.64. The Kier molecular flexibility index (Phi) is 5.31. The molecule has 22 heavy (non-hydrogen) atoms. The quantitative estimate of drug-likeness (QED) is 0.778. The number of amides is 1. The maximum atomic E-state index is 12.7. The maximum Gasteiger partial charge on any atom is 0.291 e. The van der Waals surface area contributed by atoms with Gasteiger partial charge in [-0.1, -0.05) is 37.3 Å². The van der Waals surface area contributed by atoms with E-state index in [1.807, 2.05) is 51.2 Å². The molecule has 0 saturated heterocycles. The van der Waals surface area contributed by atoms with Crippen molar-refractivity contribution in [3.8, 4) is 0 Å². The highest BCUT2D eigenvalue weighted by Gasteiger charge is 2.27. The first-order valence-corrected chi connectivity index (χ1v) is 7.82. The lowest BCUT2D eigenvalue weighted by Crippen LogP contribution is -2.49. The Bertz CT molecular complexity index is 637. The van der Waals surface area contributed by atoms with Crippen LogP contribution in [0.4, 0.5) is 0 Å². The van der Waals surface area contributed by atoms with Gasteiger partial charge in [0.1, 0.15) is 0 Å². The van der Waals surface area contributed by atoms with Crippen molar-refractivity contribution in [1.82, 2.24) is 4.90 Å². The van der Waals surface area contributed by atoms with Crippen LogP contribution in [0.15, 0.2) is 48.7 Å². The van der Waals surface area contributed by atoms with Crippen LogP contribution in [0.5, 0.6) is 0 Å². The molecule has 2 aromatic rings. The van der Waals surface area contributed by atoms with Gasteiger partial charge in [-0.3, -0.25) is 4.79 Å².